The summed E-state index contributed by atoms with van der Waals surface area (Å²) in [6.07, 6.45) is 5.73. The van der Waals surface area contributed by atoms with Gasteiger partial charge in [-0.05, 0) is 45.1 Å². The summed E-state index contributed by atoms with van der Waals surface area (Å²) < 4.78 is 0. The molecule has 0 aromatic rings. The Hall–Kier alpha value is -0.570. The molecule has 1 saturated heterocycles. The number of nitrogens with two attached hydrogens (primary N) is 1. The Bertz CT molecular complexity index is 242. The van der Waals surface area contributed by atoms with E-state index in [2.05, 4.69) is 11.8 Å². The fraction of sp³-hybridized carbons (Fsp3) is 0.917. The minimum absolute atomic E-state index is 0.232. The SMILES string of the molecule is CC1CCCN1C(=O)[C@@H]1CCC[C@@H]1CN. The number of amides is 1. The van der Waals surface area contributed by atoms with Gasteiger partial charge in [0.2, 0.25) is 5.91 Å². The molecule has 2 fully saturated rings. The second-order valence-electron chi connectivity index (χ2n) is 5.06. The maximum Gasteiger partial charge on any atom is 0.226 e. The lowest BCUT2D eigenvalue weighted by Crippen LogP contribution is -2.40. The summed E-state index contributed by atoms with van der Waals surface area (Å²) in [5.41, 5.74) is 5.72. The maximum atomic E-state index is 12.3. The van der Waals surface area contributed by atoms with E-state index in [4.69, 9.17) is 5.73 Å². The zero-order chi connectivity index (χ0) is 10.8. The van der Waals surface area contributed by atoms with Gasteiger partial charge in [-0.15, -0.1) is 0 Å². The van der Waals surface area contributed by atoms with E-state index in [-0.39, 0.29) is 5.92 Å². The maximum absolute atomic E-state index is 12.3. The van der Waals surface area contributed by atoms with Crippen LogP contribution < -0.4 is 5.73 Å². The summed E-state index contributed by atoms with van der Waals surface area (Å²) in [4.78, 5) is 14.4. The summed E-state index contributed by atoms with van der Waals surface area (Å²) in [5.74, 6) is 1.06. The number of carbonyl (C=O) groups excluding carboxylic acids is 1. The first-order valence-corrected chi connectivity index (χ1v) is 6.24. The van der Waals surface area contributed by atoms with Crippen molar-refractivity contribution >= 4 is 5.91 Å². The number of likely N-dealkylation sites (tertiary alicyclic amines) is 1. The van der Waals surface area contributed by atoms with E-state index in [0.717, 1.165) is 19.4 Å². The van der Waals surface area contributed by atoms with Crippen LogP contribution in [0, 0.1) is 11.8 Å². The highest BCUT2D eigenvalue weighted by Crippen LogP contribution is 2.34. The Kier molecular flexibility index (Phi) is 3.29. The van der Waals surface area contributed by atoms with Crippen LogP contribution in [0.3, 0.4) is 0 Å². The minimum Gasteiger partial charge on any atom is -0.340 e. The van der Waals surface area contributed by atoms with Crippen LogP contribution in [0.5, 0.6) is 0 Å². The fourth-order valence-electron chi connectivity index (χ4n) is 3.12. The van der Waals surface area contributed by atoms with Crippen LogP contribution in [0.2, 0.25) is 0 Å². The van der Waals surface area contributed by atoms with E-state index >= 15 is 0 Å². The number of nitrogens with zero attached hydrogens (tertiary/aromatic N) is 1. The number of hydrogen-bond acceptors (Lipinski definition) is 2. The smallest absolute Gasteiger partial charge is 0.226 e. The Morgan fingerprint density at radius 2 is 2.13 bits per heavy atom. The summed E-state index contributed by atoms with van der Waals surface area (Å²) in [7, 11) is 0. The van der Waals surface area contributed by atoms with Crippen LogP contribution in [0.25, 0.3) is 0 Å². The second-order valence-corrected chi connectivity index (χ2v) is 5.06. The molecule has 2 N–H and O–H groups in total. The molecule has 2 aliphatic rings. The predicted molar refractivity (Wildman–Crippen MR) is 60.3 cm³/mol. The van der Waals surface area contributed by atoms with Crippen molar-refractivity contribution in [1.82, 2.24) is 4.90 Å². The molecule has 1 aliphatic carbocycles. The van der Waals surface area contributed by atoms with Crippen molar-refractivity contribution in [1.29, 1.82) is 0 Å². The van der Waals surface area contributed by atoms with Crippen molar-refractivity contribution in [3.05, 3.63) is 0 Å². The molecule has 15 heavy (non-hydrogen) atoms. The molecule has 3 heteroatoms. The molecule has 2 rings (SSSR count). The molecule has 1 amide bonds. The van der Waals surface area contributed by atoms with Gasteiger partial charge < -0.3 is 10.6 Å². The molecule has 3 atom stereocenters. The summed E-state index contributed by atoms with van der Waals surface area (Å²) in [6.45, 7) is 3.81. The molecule has 3 nitrogen and oxygen atoms in total. The van der Waals surface area contributed by atoms with Gasteiger partial charge in [-0.2, -0.15) is 0 Å². The normalized spacial score (nSPS) is 36.1. The van der Waals surface area contributed by atoms with Gasteiger partial charge >= 0.3 is 0 Å². The standard InChI is InChI=1S/C12H22N2O/c1-9-4-3-7-14(9)12(15)11-6-2-5-10(11)8-13/h9-11H,2-8,13H2,1H3/t9?,10-,11-/m1/s1. The summed E-state index contributed by atoms with van der Waals surface area (Å²) in [5, 5.41) is 0. The highest BCUT2D eigenvalue weighted by Gasteiger charge is 2.37. The van der Waals surface area contributed by atoms with E-state index in [1.54, 1.807) is 0 Å². The van der Waals surface area contributed by atoms with Crippen molar-refractivity contribution in [2.24, 2.45) is 17.6 Å². The molecule has 1 unspecified atom stereocenters. The van der Waals surface area contributed by atoms with Crippen LogP contribution in [0.1, 0.15) is 39.0 Å². The third kappa shape index (κ3) is 2.03. The van der Waals surface area contributed by atoms with Gasteiger partial charge in [-0.3, -0.25) is 4.79 Å². The van der Waals surface area contributed by atoms with Gasteiger partial charge in [-0.1, -0.05) is 6.42 Å². The molecule has 1 aliphatic heterocycles. The average molecular weight is 210 g/mol. The Morgan fingerprint density at radius 3 is 2.73 bits per heavy atom. The lowest BCUT2D eigenvalue weighted by atomic mass is 9.94. The van der Waals surface area contributed by atoms with Gasteiger partial charge in [0.15, 0.2) is 0 Å². The molecule has 86 valence electrons. The number of rotatable bonds is 2. The van der Waals surface area contributed by atoms with Gasteiger partial charge in [0, 0.05) is 18.5 Å². The first-order chi connectivity index (χ1) is 7.24. The largest absolute Gasteiger partial charge is 0.340 e. The van der Waals surface area contributed by atoms with Gasteiger partial charge in [0.1, 0.15) is 0 Å². The molecule has 0 bridgehead atoms. The average Bonchev–Trinajstić information content (AvgIpc) is 2.84. The quantitative estimate of drug-likeness (QED) is 0.748. The number of carbonyl (C=O) groups is 1. The Balaban J connectivity index is 2.00. The van der Waals surface area contributed by atoms with E-state index < -0.39 is 0 Å². The van der Waals surface area contributed by atoms with E-state index in [1.165, 1.54) is 19.3 Å². The monoisotopic (exact) mass is 210 g/mol. The van der Waals surface area contributed by atoms with E-state index in [9.17, 15) is 4.79 Å². The molecular weight excluding hydrogens is 188 g/mol. The lowest BCUT2D eigenvalue weighted by Gasteiger charge is -2.27. The first kappa shape index (κ1) is 10.9. The van der Waals surface area contributed by atoms with E-state index in [1.807, 2.05) is 0 Å². The van der Waals surface area contributed by atoms with Crippen molar-refractivity contribution < 1.29 is 4.79 Å². The van der Waals surface area contributed by atoms with Crippen LogP contribution in [-0.4, -0.2) is 29.9 Å². The lowest BCUT2D eigenvalue weighted by molar-refractivity contribution is -0.137. The highest BCUT2D eigenvalue weighted by atomic mass is 16.2. The third-order valence-electron chi connectivity index (χ3n) is 4.12. The zero-order valence-corrected chi connectivity index (χ0v) is 9.61. The summed E-state index contributed by atoms with van der Waals surface area (Å²) >= 11 is 0. The molecular formula is C12H22N2O. The van der Waals surface area contributed by atoms with Crippen molar-refractivity contribution in [3.8, 4) is 0 Å². The van der Waals surface area contributed by atoms with Gasteiger partial charge in [0.25, 0.3) is 0 Å². The molecule has 1 saturated carbocycles. The van der Waals surface area contributed by atoms with Crippen molar-refractivity contribution in [2.75, 3.05) is 13.1 Å². The van der Waals surface area contributed by atoms with Gasteiger partial charge in [-0.25, -0.2) is 0 Å². The van der Waals surface area contributed by atoms with Crippen LogP contribution in [0.4, 0.5) is 0 Å². The van der Waals surface area contributed by atoms with Crippen molar-refractivity contribution in [2.45, 2.75) is 45.1 Å². The molecule has 1 heterocycles. The van der Waals surface area contributed by atoms with Crippen LogP contribution in [-0.2, 0) is 4.79 Å². The Morgan fingerprint density at radius 1 is 1.33 bits per heavy atom. The highest BCUT2D eigenvalue weighted by molar-refractivity contribution is 5.80. The topological polar surface area (TPSA) is 46.3 Å². The van der Waals surface area contributed by atoms with E-state index in [0.29, 0.717) is 24.4 Å². The molecule has 0 radical (unpaired) electrons. The summed E-state index contributed by atoms with van der Waals surface area (Å²) in [6, 6.07) is 0.455. The predicted octanol–water partition coefficient (Wildman–Crippen LogP) is 1.37. The van der Waals surface area contributed by atoms with Gasteiger partial charge in [0.05, 0.1) is 0 Å². The Labute approximate surface area is 92.0 Å². The first-order valence-electron chi connectivity index (χ1n) is 6.24. The second kappa shape index (κ2) is 4.52. The van der Waals surface area contributed by atoms with Crippen LogP contribution >= 0.6 is 0 Å². The molecule has 0 aromatic carbocycles. The molecule has 0 spiro atoms. The zero-order valence-electron chi connectivity index (χ0n) is 9.61. The molecule has 0 aromatic heterocycles. The minimum atomic E-state index is 0.232. The fourth-order valence-corrected chi connectivity index (χ4v) is 3.12. The number of hydrogen-bond donors (Lipinski definition) is 1. The third-order valence-corrected chi connectivity index (χ3v) is 4.12. The van der Waals surface area contributed by atoms with Crippen molar-refractivity contribution in [3.63, 3.8) is 0 Å². The van der Waals surface area contributed by atoms with Crippen LogP contribution in [0.15, 0.2) is 0 Å².